The minimum Gasteiger partial charge on any atom is -0.392 e. The highest BCUT2D eigenvalue weighted by Gasteiger charge is 2.46. The lowest BCUT2D eigenvalue weighted by molar-refractivity contribution is -0.0712. The fraction of sp³-hybridized carbons (Fsp3) is 0.778. The molecule has 0 aliphatic heterocycles. The molecule has 70 valence electrons. The zero-order valence-electron chi connectivity index (χ0n) is 7.60. The number of rotatable bonds is 3. The van der Waals surface area contributed by atoms with Crippen LogP contribution in [-0.2, 0) is 0 Å². The quantitative estimate of drug-likeness (QED) is 0.705. The molecule has 0 spiro atoms. The number of hydrogen-bond donors (Lipinski definition) is 2. The van der Waals surface area contributed by atoms with Gasteiger partial charge in [-0.05, 0) is 6.42 Å². The van der Waals surface area contributed by atoms with E-state index in [0.29, 0.717) is 17.6 Å². The highest BCUT2D eigenvalue weighted by Crippen LogP contribution is 2.40. The molecule has 3 heteroatoms. The predicted molar refractivity (Wildman–Crippen MR) is 51.2 cm³/mol. The average Bonchev–Trinajstić information content (AvgIpc) is 1.97. The minimum atomic E-state index is -0.182. The van der Waals surface area contributed by atoms with Gasteiger partial charge < -0.3 is 10.4 Å². The summed E-state index contributed by atoms with van der Waals surface area (Å²) in [5.41, 5.74) is -0.0215. The molecule has 0 aromatic carbocycles. The van der Waals surface area contributed by atoms with Crippen molar-refractivity contribution < 1.29 is 5.11 Å². The van der Waals surface area contributed by atoms with Gasteiger partial charge in [0.25, 0.3) is 0 Å². The molecule has 0 radical (unpaired) electrons. The molecule has 0 amide bonds. The fourth-order valence-electron chi connectivity index (χ4n) is 1.48. The zero-order chi connectivity index (χ0) is 9.35. The normalized spacial score (nSPS) is 32.7. The van der Waals surface area contributed by atoms with Gasteiger partial charge in [0.15, 0.2) is 0 Å². The second-order valence-corrected chi connectivity index (χ2v) is 4.56. The van der Waals surface area contributed by atoms with E-state index in [1.165, 1.54) is 0 Å². The van der Waals surface area contributed by atoms with E-state index in [0.717, 1.165) is 6.42 Å². The standard InChI is InChI=1S/C9H16ClNO/c1-6(10)5-11-7-4-8(12)9(7,2)3/h7-8,11-12H,1,4-5H2,2-3H3. The van der Waals surface area contributed by atoms with Crippen LogP contribution in [0.5, 0.6) is 0 Å². The van der Waals surface area contributed by atoms with Crippen molar-refractivity contribution in [3.8, 4) is 0 Å². The fourth-order valence-corrected chi connectivity index (χ4v) is 1.56. The zero-order valence-corrected chi connectivity index (χ0v) is 8.36. The van der Waals surface area contributed by atoms with Crippen LogP contribution in [0.4, 0.5) is 0 Å². The molecule has 0 heterocycles. The van der Waals surface area contributed by atoms with Crippen molar-refractivity contribution in [1.29, 1.82) is 0 Å². The van der Waals surface area contributed by atoms with Crippen molar-refractivity contribution in [1.82, 2.24) is 5.32 Å². The van der Waals surface area contributed by atoms with E-state index >= 15 is 0 Å². The molecule has 1 fully saturated rings. The number of nitrogens with one attached hydrogen (secondary N) is 1. The highest BCUT2D eigenvalue weighted by molar-refractivity contribution is 6.29. The molecule has 0 saturated heterocycles. The van der Waals surface area contributed by atoms with Crippen LogP contribution in [-0.4, -0.2) is 23.8 Å². The van der Waals surface area contributed by atoms with Crippen molar-refractivity contribution in [2.45, 2.75) is 32.4 Å². The molecule has 0 bridgehead atoms. The SMILES string of the molecule is C=C(Cl)CNC1CC(O)C1(C)C. The van der Waals surface area contributed by atoms with E-state index in [4.69, 9.17) is 11.6 Å². The van der Waals surface area contributed by atoms with Crippen LogP contribution >= 0.6 is 11.6 Å². The summed E-state index contributed by atoms with van der Waals surface area (Å²) in [6, 6.07) is 0.364. The van der Waals surface area contributed by atoms with Crippen LogP contribution < -0.4 is 5.32 Å². The lowest BCUT2D eigenvalue weighted by Crippen LogP contribution is -2.60. The van der Waals surface area contributed by atoms with Gasteiger partial charge in [-0.3, -0.25) is 0 Å². The molecule has 2 atom stereocenters. The van der Waals surface area contributed by atoms with Crippen molar-refractivity contribution in [2.75, 3.05) is 6.54 Å². The van der Waals surface area contributed by atoms with Crippen molar-refractivity contribution in [2.24, 2.45) is 5.41 Å². The minimum absolute atomic E-state index is 0.0215. The Bertz CT molecular complexity index is 191. The number of halogens is 1. The smallest absolute Gasteiger partial charge is 0.0621 e. The highest BCUT2D eigenvalue weighted by atomic mass is 35.5. The van der Waals surface area contributed by atoms with Gasteiger partial charge in [-0.15, -0.1) is 0 Å². The monoisotopic (exact) mass is 189 g/mol. The maximum atomic E-state index is 9.42. The third-order valence-corrected chi connectivity index (χ3v) is 2.89. The third-order valence-electron chi connectivity index (χ3n) is 2.76. The van der Waals surface area contributed by atoms with Gasteiger partial charge in [0, 0.05) is 23.0 Å². The Morgan fingerprint density at radius 2 is 2.33 bits per heavy atom. The summed E-state index contributed by atoms with van der Waals surface area (Å²) in [7, 11) is 0. The van der Waals surface area contributed by atoms with Crippen molar-refractivity contribution in [3.05, 3.63) is 11.6 Å². The van der Waals surface area contributed by atoms with Crippen molar-refractivity contribution >= 4 is 11.6 Å². The Morgan fingerprint density at radius 1 is 1.75 bits per heavy atom. The Hall–Kier alpha value is -0.0500. The molecule has 1 rings (SSSR count). The molecule has 1 saturated carbocycles. The first-order chi connectivity index (χ1) is 5.44. The van der Waals surface area contributed by atoms with E-state index < -0.39 is 0 Å². The van der Waals surface area contributed by atoms with E-state index in [-0.39, 0.29) is 11.5 Å². The van der Waals surface area contributed by atoms with E-state index in [9.17, 15) is 5.11 Å². The van der Waals surface area contributed by atoms with E-state index in [1.54, 1.807) is 0 Å². The van der Waals surface area contributed by atoms with E-state index in [2.05, 4.69) is 25.7 Å². The largest absolute Gasteiger partial charge is 0.392 e. The first kappa shape index (κ1) is 10.0. The second-order valence-electron chi connectivity index (χ2n) is 4.02. The summed E-state index contributed by atoms with van der Waals surface area (Å²) in [6.07, 6.45) is 0.635. The maximum absolute atomic E-state index is 9.42. The van der Waals surface area contributed by atoms with Crippen LogP contribution in [0, 0.1) is 5.41 Å². The molecular weight excluding hydrogens is 174 g/mol. The van der Waals surface area contributed by atoms with Crippen molar-refractivity contribution in [3.63, 3.8) is 0 Å². The number of hydrogen-bond acceptors (Lipinski definition) is 2. The summed E-state index contributed by atoms with van der Waals surface area (Å²) >= 11 is 5.61. The van der Waals surface area contributed by atoms with Crippen LogP contribution in [0.1, 0.15) is 20.3 Å². The van der Waals surface area contributed by atoms with Gasteiger partial charge in [-0.2, -0.15) is 0 Å². The van der Waals surface area contributed by atoms with Gasteiger partial charge >= 0.3 is 0 Å². The molecule has 0 aromatic rings. The summed E-state index contributed by atoms with van der Waals surface area (Å²) in [5.74, 6) is 0. The topological polar surface area (TPSA) is 32.3 Å². The Balaban J connectivity index is 2.32. The molecular formula is C9H16ClNO. The van der Waals surface area contributed by atoms with Crippen LogP contribution in [0.25, 0.3) is 0 Å². The van der Waals surface area contributed by atoms with Crippen LogP contribution in [0.2, 0.25) is 0 Å². The first-order valence-corrected chi connectivity index (χ1v) is 4.57. The van der Waals surface area contributed by atoms with E-state index in [1.807, 2.05) is 0 Å². The number of aliphatic hydroxyl groups is 1. The molecule has 2 N–H and O–H groups in total. The molecule has 12 heavy (non-hydrogen) atoms. The Labute approximate surface area is 78.6 Å². The lowest BCUT2D eigenvalue weighted by Gasteiger charge is -2.49. The first-order valence-electron chi connectivity index (χ1n) is 4.19. The molecule has 2 nitrogen and oxygen atoms in total. The molecule has 0 aromatic heterocycles. The molecule has 1 aliphatic rings. The van der Waals surface area contributed by atoms with Gasteiger partial charge in [0.1, 0.15) is 0 Å². The predicted octanol–water partition coefficient (Wildman–Crippen LogP) is 1.49. The summed E-state index contributed by atoms with van der Waals surface area (Å²) in [5, 5.41) is 13.3. The van der Waals surface area contributed by atoms with Crippen LogP contribution in [0.3, 0.4) is 0 Å². The molecule has 1 aliphatic carbocycles. The number of aliphatic hydroxyl groups excluding tert-OH is 1. The lowest BCUT2D eigenvalue weighted by atomic mass is 9.64. The summed E-state index contributed by atoms with van der Waals surface area (Å²) in [4.78, 5) is 0. The Morgan fingerprint density at radius 3 is 2.67 bits per heavy atom. The Kier molecular flexibility index (Phi) is 2.81. The average molecular weight is 190 g/mol. The summed E-state index contributed by atoms with van der Waals surface area (Å²) < 4.78 is 0. The van der Waals surface area contributed by atoms with Gasteiger partial charge in [0.2, 0.25) is 0 Å². The maximum Gasteiger partial charge on any atom is 0.0621 e. The second kappa shape index (κ2) is 3.36. The third kappa shape index (κ3) is 1.82. The van der Waals surface area contributed by atoms with Gasteiger partial charge in [-0.25, -0.2) is 0 Å². The van der Waals surface area contributed by atoms with Gasteiger partial charge in [-0.1, -0.05) is 32.0 Å². The molecule has 2 unspecified atom stereocenters. The summed E-state index contributed by atoms with van der Waals surface area (Å²) in [6.45, 7) is 8.32. The van der Waals surface area contributed by atoms with Crippen LogP contribution in [0.15, 0.2) is 11.6 Å². The van der Waals surface area contributed by atoms with Gasteiger partial charge in [0.05, 0.1) is 6.10 Å².